The van der Waals surface area contributed by atoms with Crippen molar-refractivity contribution >= 4 is 28.8 Å². The maximum Gasteiger partial charge on any atom is 0.338 e. The van der Waals surface area contributed by atoms with E-state index in [1.54, 1.807) is 33.3 Å². The second kappa shape index (κ2) is 10.4. The van der Waals surface area contributed by atoms with Gasteiger partial charge in [0.25, 0.3) is 0 Å². The molecular weight excluding hydrogens is 454 g/mol. The summed E-state index contributed by atoms with van der Waals surface area (Å²) in [5.74, 6) is 1.25. The van der Waals surface area contributed by atoms with Crippen LogP contribution in [0.5, 0.6) is 11.5 Å². The van der Waals surface area contributed by atoms with Crippen LogP contribution >= 0.6 is 11.8 Å². The van der Waals surface area contributed by atoms with Gasteiger partial charge in [-0.25, -0.2) is 9.79 Å². The van der Waals surface area contributed by atoms with Crippen molar-refractivity contribution in [2.24, 2.45) is 10.9 Å². The van der Waals surface area contributed by atoms with Crippen molar-refractivity contribution in [2.45, 2.75) is 32.2 Å². The number of thioether (sulfide) groups is 1. The molecule has 1 aromatic carbocycles. The maximum atomic E-state index is 13.2. The summed E-state index contributed by atoms with van der Waals surface area (Å²) in [6.07, 6.45) is 4.03. The molecule has 0 aromatic heterocycles. The minimum atomic E-state index is -0.604. The Morgan fingerprint density at radius 3 is 2.76 bits per heavy atom. The predicted molar refractivity (Wildman–Crippen MR) is 131 cm³/mol. The summed E-state index contributed by atoms with van der Waals surface area (Å²) >= 11 is 1.43. The number of benzene rings is 1. The number of rotatable bonds is 10. The Morgan fingerprint density at radius 1 is 1.29 bits per heavy atom. The minimum absolute atomic E-state index is 0.0570. The number of carbonyl (C=O) groups excluding carboxylic acids is 2. The third-order valence-corrected chi connectivity index (χ3v) is 6.80. The van der Waals surface area contributed by atoms with Crippen molar-refractivity contribution in [3.8, 4) is 11.5 Å². The molecule has 9 heteroatoms. The number of amidine groups is 1. The standard InChI is InChI=1S/C25H29N3O5S/c1-5-10-33-24(30)22-15(2)27-25-28(17(14-34-25)11-21(29)26-13-16-6-7-16)23(22)19-12-18(31-3)8-9-20(19)32-4/h5,8-9,12,14,16,23H,1,6-7,10-11,13H2,2-4H3,(H,26,29)/t23-/m1/s1. The van der Waals surface area contributed by atoms with Crippen molar-refractivity contribution in [3.63, 3.8) is 0 Å². The Labute approximate surface area is 203 Å². The predicted octanol–water partition coefficient (Wildman–Crippen LogP) is 3.92. The van der Waals surface area contributed by atoms with E-state index in [9.17, 15) is 9.59 Å². The van der Waals surface area contributed by atoms with E-state index in [-0.39, 0.29) is 18.9 Å². The van der Waals surface area contributed by atoms with Crippen molar-refractivity contribution in [3.05, 3.63) is 58.8 Å². The van der Waals surface area contributed by atoms with Gasteiger partial charge >= 0.3 is 5.97 Å². The summed E-state index contributed by atoms with van der Waals surface area (Å²) in [7, 11) is 3.16. The van der Waals surface area contributed by atoms with E-state index in [2.05, 4.69) is 16.9 Å². The van der Waals surface area contributed by atoms with Gasteiger partial charge in [0.1, 0.15) is 18.1 Å². The zero-order valence-electron chi connectivity index (χ0n) is 19.6. The third kappa shape index (κ3) is 4.99. The van der Waals surface area contributed by atoms with Gasteiger partial charge in [0.05, 0.1) is 38.0 Å². The number of fused-ring (bicyclic) bond motifs is 1. The van der Waals surface area contributed by atoms with Crippen LogP contribution < -0.4 is 14.8 Å². The highest BCUT2D eigenvalue weighted by Crippen LogP contribution is 2.47. The molecule has 1 fully saturated rings. The van der Waals surface area contributed by atoms with E-state index < -0.39 is 12.0 Å². The van der Waals surface area contributed by atoms with Crippen LogP contribution in [0.1, 0.15) is 37.8 Å². The molecule has 1 amide bonds. The van der Waals surface area contributed by atoms with Crippen LogP contribution in [0, 0.1) is 5.92 Å². The molecule has 2 heterocycles. The van der Waals surface area contributed by atoms with Crippen molar-refractivity contribution in [1.82, 2.24) is 10.2 Å². The normalized spacial score (nSPS) is 19.1. The monoisotopic (exact) mass is 483 g/mol. The van der Waals surface area contributed by atoms with Gasteiger partial charge in [0, 0.05) is 17.8 Å². The number of methoxy groups -OCH3 is 2. The molecule has 1 aromatic rings. The van der Waals surface area contributed by atoms with Gasteiger partial charge in [0.2, 0.25) is 5.91 Å². The van der Waals surface area contributed by atoms with Crippen molar-refractivity contribution in [1.29, 1.82) is 0 Å². The van der Waals surface area contributed by atoms with Gasteiger partial charge in [-0.15, -0.1) is 0 Å². The molecule has 1 saturated carbocycles. The number of amides is 1. The van der Waals surface area contributed by atoms with Crippen LogP contribution in [0.25, 0.3) is 0 Å². The number of nitrogens with one attached hydrogen (secondary N) is 1. The van der Waals surface area contributed by atoms with E-state index >= 15 is 0 Å². The number of hydrogen-bond donors (Lipinski definition) is 1. The van der Waals surface area contributed by atoms with Crippen LogP contribution in [0.4, 0.5) is 0 Å². The molecule has 0 unspecified atom stereocenters. The zero-order valence-corrected chi connectivity index (χ0v) is 20.4. The van der Waals surface area contributed by atoms with E-state index in [0.717, 1.165) is 5.70 Å². The Bertz CT molecular complexity index is 1090. The minimum Gasteiger partial charge on any atom is -0.497 e. The number of allylic oxidation sites excluding steroid dienone is 1. The quantitative estimate of drug-likeness (QED) is 0.398. The molecule has 1 N–H and O–H groups in total. The van der Waals surface area contributed by atoms with Crippen LogP contribution in [-0.4, -0.2) is 49.3 Å². The maximum absolute atomic E-state index is 13.2. The Hall–Kier alpha value is -3.20. The zero-order chi connectivity index (χ0) is 24.2. The smallest absolute Gasteiger partial charge is 0.338 e. The molecule has 3 aliphatic rings. The van der Waals surface area contributed by atoms with Gasteiger partial charge in [-0.05, 0) is 49.3 Å². The largest absolute Gasteiger partial charge is 0.497 e. The van der Waals surface area contributed by atoms with E-state index in [4.69, 9.17) is 14.2 Å². The number of aliphatic imine (C=N–C) groups is 1. The van der Waals surface area contributed by atoms with Gasteiger partial charge in [-0.1, -0.05) is 24.4 Å². The molecule has 0 bridgehead atoms. The third-order valence-electron chi connectivity index (χ3n) is 5.91. The number of esters is 1. The highest BCUT2D eigenvalue weighted by molar-refractivity contribution is 8.16. The number of carbonyl (C=O) groups is 2. The average Bonchev–Trinajstić information content (AvgIpc) is 3.60. The van der Waals surface area contributed by atoms with Crippen molar-refractivity contribution < 1.29 is 23.8 Å². The van der Waals surface area contributed by atoms with Gasteiger partial charge < -0.3 is 24.4 Å². The van der Waals surface area contributed by atoms with Crippen LogP contribution in [0.15, 0.2) is 58.2 Å². The molecule has 0 spiro atoms. The van der Waals surface area contributed by atoms with Crippen LogP contribution in [0.2, 0.25) is 0 Å². The molecule has 1 aliphatic carbocycles. The first-order valence-electron chi connectivity index (χ1n) is 11.2. The first-order chi connectivity index (χ1) is 16.5. The highest BCUT2D eigenvalue weighted by atomic mass is 32.2. The number of hydrogen-bond acceptors (Lipinski definition) is 8. The highest BCUT2D eigenvalue weighted by Gasteiger charge is 2.42. The molecule has 0 radical (unpaired) electrons. The first kappa shape index (κ1) is 23.9. The Kier molecular flexibility index (Phi) is 7.31. The molecule has 0 saturated heterocycles. The fourth-order valence-corrected chi connectivity index (χ4v) is 4.96. The lowest BCUT2D eigenvalue weighted by molar-refractivity contribution is -0.138. The molecule has 2 aliphatic heterocycles. The Morgan fingerprint density at radius 2 is 2.09 bits per heavy atom. The SMILES string of the molecule is C=CCOC(=O)C1=C(C)N=C2SC=C(CC(=O)NCC3CC3)N2[C@@H]1c1cc(OC)ccc1OC. The molecule has 180 valence electrons. The summed E-state index contributed by atoms with van der Waals surface area (Å²) in [6.45, 7) is 6.20. The Balaban J connectivity index is 1.74. The van der Waals surface area contributed by atoms with Gasteiger partial charge in [0.15, 0.2) is 5.17 Å². The fourth-order valence-electron chi connectivity index (χ4n) is 4.00. The van der Waals surface area contributed by atoms with E-state index in [1.807, 2.05) is 16.4 Å². The van der Waals surface area contributed by atoms with E-state index in [0.29, 0.717) is 46.0 Å². The molecular formula is C25H29N3O5S. The van der Waals surface area contributed by atoms with Crippen LogP contribution in [0.3, 0.4) is 0 Å². The number of ether oxygens (including phenoxy) is 3. The summed E-state index contributed by atoms with van der Waals surface area (Å²) < 4.78 is 16.6. The van der Waals surface area contributed by atoms with Gasteiger partial charge in [-0.3, -0.25) is 4.79 Å². The second-order valence-corrected chi connectivity index (χ2v) is 9.15. The second-order valence-electron chi connectivity index (χ2n) is 8.31. The van der Waals surface area contributed by atoms with Gasteiger partial charge in [-0.2, -0.15) is 0 Å². The molecule has 8 nitrogen and oxygen atoms in total. The summed E-state index contributed by atoms with van der Waals surface area (Å²) in [4.78, 5) is 32.5. The topological polar surface area (TPSA) is 89.5 Å². The first-order valence-corrected chi connectivity index (χ1v) is 12.1. The summed E-state index contributed by atoms with van der Waals surface area (Å²) in [5, 5.41) is 5.63. The molecule has 34 heavy (non-hydrogen) atoms. The van der Waals surface area contributed by atoms with Crippen LogP contribution in [-0.2, 0) is 14.3 Å². The fraction of sp³-hybridized carbons (Fsp3) is 0.400. The lowest BCUT2D eigenvalue weighted by Crippen LogP contribution is -2.38. The summed E-state index contributed by atoms with van der Waals surface area (Å²) in [5.41, 5.74) is 2.40. The lowest BCUT2D eigenvalue weighted by atomic mass is 9.92. The van der Waals surface area contributed by atoms with Crippen molar-refractivity contribution in [2.75, 3.05) is 27.4 Å². The summed E-state index contributed by atoms with van der Waals surface area (Å²) in [6, 6.07) is 4.84. The lowest BCUT2D eigenvalue weighted by Gasteiger charge is -2.36. The molecule has 1 atom stereocenters. The van der Waals surface area contributed by atoms with E-state index in [1.165, 1.54) is 30.7 Å². The molecule has 4 rings (SSSR count). The number of nitrogens with zero attached hydrogens (tertiary/aromatic N) is 2. The average molecular weight is 484 g/mol.